The van der Waals surface area contributed by atoms with Gasteiger partial charge in [-0.25, -0.2) is 0 Å². The molecular formula is C14H25N3O3. The van der Waals surface area contributed by atoms with E-state index in [2.05, 4.69) is 10.5 Å². The minimum atomic E-state index is -0.126. The van der Waals surface area contributed by atoms with Crippen molar-refractivity contribution in [1.82, 2.24) is 5.32 Å². The van der Waals surface area contributed by atoms with Crippen LogP contribution >= 0.6 is 0 Å². The van der Waals surface area contributed by atoms with E-state index in [4.69, 9.17) is 15.7 Å². The zero-order valence-electron chi connectivity index (χ0n) is 12.4. The molecule has 1 aliphatic heterocycles. The van der Waals surface area contributed by atoms with Crippen molar-refractivity contribution in [1.29, 1.82) is 0 Å². The number of oxime groups is 1. The second kappa shape index (κ2) is 5.99. The van der Waals surface area contributed by atoms with Crippen LogP contribution in [0.25, 0.3) is 0 Å². The predicted molar refractivity (Wildman–Crippen MR) is 75.3 cm³/mol. The summed E-state index contributed by atoms with van der Waals surface area (Å²) in [6.45, 7) is 6.00. The molecule has 0 radical (unpaired) electrons. The molecule has 0 aromatic carbocycles. The van der Waals surface area contributed by atoms with Gasteiger partial charge in [-0.05, 0) is 32.6 Å². The number of nitrogens with two attached hydrogens (primary N) is 1. The van der Waals surface area contributed by atoms with E-state index in [0.29, 0.717) is 0 Å². The van der Waals surface area contributed by atoms with Crippen LogP contribution in [0.3, 0.4) is 0 Å². The SMILES string of the molecule is CC1OC(C)C(C(=O)NC2CCCC2C(N)=NO)C1C. The number of rotatable bonds is 3. The van der Waals surface area contributed by atoms with Gasteiger partial charge < -0.3 is 21.0 Å². The summed E-state index contributed by atoms with van der Waals surface area (Å²) in [5, 5.41) is 15.0. The van der Waals surface area contributed by atoms with E-state index < -0.39 is 0 Å². The number of amides is 1. The van der Waals surface area contributed by atoms with Crippen molar-refractivity contribution >= 4 is 11.7 Å². The minimum Gasteiger partial charge on any atom is -0.409 e. The molecule has 0 aromatic heterocycles. The Morgan fingerprint density at radius 1 is 1.30 bits per heavy atom. The average Bonchev–Trinajstić information content (AvgIpc) is 2.94. The zero-order chi connectivity index (χ0) is 14.9. The molecule has 2 rings (SSSR count). The monoisotopic (exact) mass is 283 g/mol. The highest BCUT2D eigenvalue weighted by molar-refractivity contribution is 5.85. The highest BCUT2D eigenvalue weighted by Gasteiger charge is 2.43. The number of hydrogen-bond donors (Lipinski definition) is 3. The topological polar surface area (TPSA) is 96.9 Å². The zero-order valence-corrected chi connectivity index (χ0v) is 12.4. The third kappa shape index (κ3) is 2.75. The van der Waals surface area contributed by atoms with Gasteiger partial charge in [0.25, 0.3) is 0 Å². The smallest absolute Gasteiger partial charge is 0.226 e. The summed E-state index contributed by atoms with van der Waals surface area (Å²) in [6, 6.07) is -0.0336. The second-order valence-electron chi connectivity index (χ2n) is 6.11. The first-order valence-electron chi connectivity index (χ1n) is 7.39. The number of carbonyl (C=O) groups is 1. The minimum absolute atomic E-state index is 0.0250. The summed E-state index contributed by atoms with van der Waals surface area (Å²) in [5.74, 6) is 0.253. The molecule has 1 amide bonds. The maximum Gasteiger partial charge on any atom is 0.226 e. The van der Waals surface area contributed by atoms with Crippen molar-refractivity contribution in [3.05, 3.63) is 0 Å². The Balaban J connectivity index is 2.01. The molecule has 4 N–H and O–H groups in total. The van der Waals surface area contributed by atoms with Crippen LogP contribution in [0.2, 0.25) is 0 Å². The van der Waals surface area contributed by atoms with Crippen molar-refractivity contribution in [3.63, 3.8) is 0 Å². The molecule has 2 fully saturated rings. The lowest BCUT2D eigenvalue weighted by molar-refractivity contribution is -0.128. The Labute approximate surface area is 119 Å². The normalized spacial score (nSPS) is 41.9. The summed E-state index contributed by atoms with van der Waals surface area (Å²) < 4.78 is 5.72. The van der Waals surface area contributed by atoms with Gasteiger partial charge in [-0.1, -0.05) is 18.5 Å². The molecule has 0 bridgehead atoms. The highest BCUT2D eigenvalue weighted by Crippen LogP contribution is 2.33. The van der Waals surface area contributed by atoms with Crippen molar-refractivity contribution in [2.45, 2.75) is 58.3 Å². The van der Waals surface area contributed by atoms with Gasteiger partial charge in [-0.3, -0.25) is 4.79 Å². The maximum absolute atomic E-state index is 12.5. The number of ether oxygens (including phenoxy) is 1. The molecule has 6 unspecified atom stereocenters. The summed E-state index contributed by atoms with van der Waals surface area (Å²) in [5.41, 5.74) is 5.70. The molecular weight excluding hydrogens is 258 g/mol. The molecule has 20 heavy (non-hydrogen) atoms. The van der Waals surface area contributed by atoms with Crippen LogP contribution in [-0.2, 0) is 9.53 Å². The lowest BCUT2D eigenvalue weighted by Gasteiger charge is -2.24. The van der Waals surface area contributed by atoms with Gasteiger partial charge in [0.05, 0.1) is 18.1 Å². The molecule has 2 aliphatic rings. The van der Waals surface area contributed by atoms with Gasteiger partial charge in [0, 0.05) is 12.0 Å². The van der Waals surface area contributed by atoms with Crippen LogP contribution in [0.5, 0.6) is 0 Å². The maximum atomic E-state index is 12.5. The molecule has 0 spiro atoms. The van der Waals surface area contributed by atoms with Crippen molar-refractivity contribution in [2.75, 3.05) is 0 Å². The van der Waals surface area contributed by atoms with Gasteiger partial charge in [-0.2, -0.15) is 0 Å². The molecule has 1 saturated carbocycles. The van der Waals surface area contributed by atoms with Crippen LogP contribution in [0.1, 0.15) is 40.0 Å². The molecule has 1 heterocycles. The van der Waals surface area contributed by atoms with E-state index in [1.807, 2.05) is 20.8 Å². The lowest BCUT2D eigenvalue weighted by Crippen LogP contribution is -2.47. The lowest BCUT2D eigenvalue weighted by atomic mass is 9.88. The van der Waals surface area contributed by atoms with Gasteiger partial charge in [0.1, 0.15) is 5.84 Å². The molecule has 6 atom stereocenters. The number of amidine groups is 1. The van der Waals surface area contributed by atoms with Crippen molar-refractivity contribution in [3.8, 4) is 0 Å². The first kappa shape index (κ1) is 15.1. The Bertz CT molecular complexity index is 399. The predicted octanol–water partition coefficient (Wildman–Crippen LogP) is 1.08. The molecule has 1 saturated heterocycles. The fourth-order valence-electron chi connectivity index (χ4n) is 3.56. The second-order valence-corrected chi connectivity index (χ2v) is 6.11. The summed E-state index contributed by atoms with van der Waals surface area (Å²) in [4.78, 5) is 12.5. The number of carbonyl (C=O) groups excluding carboxylic acids is 1. The Morgan fingerprint density at radius 2 is 2.00 bits per heavy atom. The Morgan fingerprint density at radius 3 is 2.55 bits per heavy atom. The van der Waals surface area contributed by atoms with Gasteiger partial charge in [-0.15, -0.1) is 0 Å². The van der Waals surface area contributed by atoms with Gasteiger partial charge in [0.15, 0.2) is 0 Å². The van der Waals surface area contributed by atoms with Crippen molar-refractivity contribution < 1.29 is 14.7 Å². The van der Waals surface area contributed by atoms with Gasteiger partial charge >= 0.3 is 0 Å². The first-order valence-corrected chi connectivity index (χ1v) is 7.39. The molecule has 1 aliphatic carbocycles. The van der Waals surface area contributed by atoms with E-state index in [-0.39, 0.29) is 47.7 Å². The Hall–Kier alpha value is -1.30. The van der Waals surface area contributed by atoms with Crippen LogP contribution in [0.15, 0.2) is 5.16 Å². The van der Waals surface area contributed by atoms with E-state index in [9.17, 15) is 4.79 Å². The quantitative estimate of drug-likeness (QED) is 0.312. The van der Waals surface area contributed by atoms with Crippen LogP contribution in [0, 0.1) is 17.8 Å². The fraction of sp³-hybridized carbons (Fsp3) is 0.857. The largest absolute Gasteiger partial charge is 0.409 e. The van der Waals surface area contributed by atoms with E-state index >= 15 is 0 Å². The summed E-state index contributed by atoms with van der Waals surface area (Å²) in [6.07, 6.45) is 2.74. The first-order chi connectivity index (χ1) is 9.45. The van der Waals surface area contributed by atoms with E-state index in [1.54, 1.807) is 0 Å². The van der Waals surface area contributed by atoms with E-state index in [0.717, 1.165) is 19.3 Å². The third-order valence-electron chi connectivity index (χ3n) is 4.88. The fourth-order valence-corrected chi connectivity index (χ4v) is 3.56. The number of hydrogen-bond acceptors (Lipinski definition) is 4. The van der Waals surface area contributed by atoms with Crippen LogP contribution in [-0.4, -0.2) is 35.2 Å². The van der Waals surface area contributed by atoms with E-state index in [1.165, 1.54) is 0 Å². The van der Waals surface area contributed by atoms with Crippen LogP contribution < -0.4 is 11.1 Å². The molecule has 114 valence electrons. The average molecular weight is 283 g/mol. The molecule has 6 nitrogen and oxygen atoms in total. The molecule has 0 aromatic rings. The molecule has 6 heteroatoms. The summed E-state index contributed by atoms with van der Waals surface area (Å²) in [7, 11) is 0. The standard InChI is InChI=1S/C14H25N3O3/c1-7-8(2)20-9(3)12(7)14(18)16-11-6-4-5-10(11)13(15)17-19/h7-12,19H,4-6H2,1-3H3,(H2,15,17)(H,16,18). The number of nitrogens with zero attached hydrogens (tertiary/aromatic N) is 1. The third-order valence-corrected chi connectivity index (χ3v) is 4.88. The van der Waals surface area contributed by atoms with Gasteiger partial charge in [0.2, 0.25) is 5.91 Å². The number of nitrogens with one attached hydrogen (secondary N) is 1. The van der Waals surface area contributed by atoms with Crippen molar-refractivity contribution in [2.24, 2.45) is 28.6 Å². The summed E-state index contributed by atoms with van der Waals surface area (Å²) >= 11 is 0. The highest BCUT2D eigenvalue weighted by atomic mass is 16.5. The Kier molecular flexibility index (Phi) is 4.52. The van der Waals surface area contributed by atoms with Crippen LogP contribution in [0.4, 0.5) is 0 Å².